The first kappa shape index (κ1) is 23.3. The van der Waals surface area contributed by atoms with Crippen molar-refractivity contribution >= 4 is 25.3 Å². The zero-order valence-electron chi connectivity index (χ0n) is 16.4. The van der Waals surface area contributed by atoms with Gasteiger partial charge in [-0.15, -0.1) is 11.8 Å². The van der Waals surface area contributed by atoms with E-state index in [0.29, 0.717) is 11.5 Å². The molecule has 0 aromatic carbocycles. The maximum absolute atomic E-state index is 13.6. The highest BCUT2D eigenvalue weighted by Gasteiger charge is 2.48. The number of carbonyl (C=O) groups is 1. The topological polar surface area (TPSA) is 75.0 Å². The molecule has 0 radical (unpaired) electrons. The van der Waals surface area contributed by atoms with Crippen LogP contribution in [0.25, 0.3) is 0 Å². The van der Waals surface area contributed by atoms with E-state index < -0.39 is 24.5 Å². The molecule has 2 unspecified atom stereocenters. The summed E-state index contributed by atoms with van der Waals surface area (Å²) in [7, 11) is -3.64. The average Bonchev–Trinajstić information content (AvgIpc) is 3.00. The molecule has 0 aliphatic heterocycles. The lowest BCUT2D eigenvalue weighted by Gasteiger charge is -2.29. The molecule has 6 nitrogen and oxygen atoms in total. The molecule has 0 saturated carbocycles. The number of thioether (sulfide) groups is 1. The minimum Gasteiger partial charge on any atom is -0.465 e. The third-order valence-corrected chi connectivity index (χ3v) is 7.63. The van der Waals surface area contributed by atoms with Gasteiger partial charge in [0.2, 0.25) is 0 Å². The van der Waals surface area contributed by atoms with E-state index in [2.05, 4.69) is 6.92 Å². The van der Waals surface area contributed by atoms with Crippen molar-refractivity contribution in [2.24, 2.45) is 0 Å². The molecule has 0 aliphatic rings. The first-order valence-corrected chi connectivity index (χ1v) is 11.8. The first-order valence-electron chi connectivity index (χ1n) is 9.16. The van der Waals surface area contributed by atoms with Gasteiger partial charge in [0.1, 0.15) is 22.4 Å². The zero-order valence-corrected chi connectivity index (χ0v) is 18.1. The van der Waals surface area contributed by atoms with Gasteiger partial charge in [-0.05, 0) is 52.0 Å². The second-order valence-electron chi connectivity index (χ2n) is 5.67. The minimum atomic E-state index is -3.64. The van der Waals surface area contributed by atoms with E-state index in [-0.39, 0.29) is 19.8 Å². The molecule has 0 bridgehead atoms. The second kappa shape index (κ2) is 11.9. The third kappa shape index (κ3) is 6.45. The number of furan rings is 1. The second-order valence-corrected chi connectivity index (χ2v) is 9.07. The molecule has 26 heavy (non-hydrogen) atoms. The number of hydrogen-bond donors (Lipinski definition) is 0. The van der Waals surface area contributed by atoms with Crippen molar-refractivity contribution in [2.45, 2.75) is 58.4 Å². The highest BCUT2D eigenvalue weighted by molar-refractivity contribution is 8.00. The quantitative estimate of drug-likeness (QED) is 0.248. The Bertz CT molecular complexity index is 578. The SMILES string of the molecule is CCCCSC(C(=O)OCC)C(c1ccc(C)o1)P(=O)(OCC)OCC. The molecule has 0 N–H and O–H groups in total. The predicted octanol–water partition coefficient (Wildman–Crippen LogP) is 5.36. The molecule has 0 amide bonds. The van der Waals surface area contributed by atoms with E-state index >= 15 is 0 Å². The van der Waals surface area contributed by atoms with Crippen molar-refractivity contribution in [1.82, 2.24) is 0 Å². The van der Waals surface area contributed by atoms with Crippen LogP contribution in [0.5, 0.6) is 0 Å². The van der Waals surface area contributed by atoms with E-state index in [0.717, 1.165) is 18.6 Å². The standard InChI is InChI=1S/C18H31O6PS/c1-6-10-13-26-17(18(19)21-7-2)16(15-12-11-14(5)24-15)25(20,22-8-3)23-9-4/h11-12,16-17H,6-10,13H2,1-5H3. The molecule has 0 saturated heterocycles. The summed E-state index contributed by atoms with van der Waals surface area (Å²) in [5, 5.41) is -0.726. The van der Waals surface area contributed by atoms with Crippen LogP contribution in [0.2, 0.25) is 0 Å². The molecule has 0 spiro atoms. The monoisotopic (exact) mass is 406 g/mol. The summed E-state index contributed by atoms with van der Waals surface area (Å²) in [4.78, 5) is 12.7. The summed E-state index contributed by atoms with van der Waals surface area (Å²) < 4.78 is 35.7. The Morgan fingerprint density at radius 2 is 1.81 bits per heavy atom. The number of carbonyl (C=O) groups excluding carboxylic acids is 1. The van der Waals surface area contributed by atoms with Crippen LogP contribution in [0.3, 0.4) is 0 Å². The lowest BCUT2D eigenvalue weighted by atomic mass is 10.2. The van der Waals surface area contributed by atoms with Gasteiger partial charge < -0.3 is 18.2 Å². The normalized spacial score (nSPS) is 14.2. The summed E-state index contributed by atoms with van der Waals surface area (Å²) in [5.74, 6) is 1.42. The van der Waals surface area contributed by atoms with Crippen molar-refractivity contribution in [3.05, 3.63) is 23.7 Å². The third-order valence-electron chi connectivity index (χ3n) is 3.61. The van der Waals surface area contributed by atoms with Gasteiger partial charge >= 0.3 is 13.6 Å². The molecule has 0 fully saturated rings. The predicted molar refractivity (Wildman–Crippen MR) is 105 cm³/mol. The van der Waals surface area contributed by atoms with Gasteiger partial charge in [0.15, 0.2) is 0 Å². The van der Waals surface area contributed by atoms with Crippen LogP contribution >= 0.6 is 19.4 Å². The zero-order chi connectivity index (χ0) is 19.6. The Balaban J connectivity index is 3.35. The smallest absolute Gasteiger partial charge is 0.342 e. The summed E-state index contributed by atoms with van der Waals surface area (Å²) in [6, 6.07) is 3.51. The van der Waals surface area contributed by atoms with Gasteiger partial charge in [-0.2, -0.15) is 0 Å². The van der Waals surface area contributed by atoms with Crippen LogP contribution in [0.4, 0.5) is 0 Å². The number of esters is 1. The molecule has 1 aromatic heterocycles. The van der Waals surface area contributed by atoms with Crippen LogP contribution in [0, 0.1) is 6.92 Å². The fourth-order valence-corrected chi connectivity index (χ4v) is 6.46. The number of ether oxygens (including phenoxy) is 1. The van der Waals surface area contributed by atoms with E-state index in [1.54, 1.807) is 39.8 Å². The van der Waals surface area contributed by atoms with Crippen LogP contribution in [-0.2, 0) is 23.1 Å². The Hall–Kier alpha value is -0.750. The fourth-order valence-electron chi connectivity index (χ4n) is 2.51. The summed E-state index contributed by atoms with van der Waals surface area (Å²) in [5.41, 5.74) is -0.850. The molecular formula is C18H31O6PS. The Morgan fingerprint density at radius 1 is 1.15 bits per heavy atom. The van der Waals surface area contributed by atoms with Gasteiger partial charge in [0.05, 0.1) is 19.8 Å². The molecule has 1 heterocycles. The lowest BCUT2D eigenvalue weighted by molar-refractivity contribution is -0.142. The molecule has 1 aromatic rings. The van der Waals surface area contributed by atoms with Gasteiger partial charge in [0.25, 0.3) is 0 Å². The number of hydrogen-bond acceptors (Lipinski definition) is 7. The van der Waals surface area contributed by atoms with Gasteiger partial charge in [-0.1, -0.05) is 13.3 Å². The fraction of sp³-hybridized carbons (Fsp3) is 0.722. The number of aryl methyl sites for hydroxylation is 1. The highest BCUT2D eigenvalue weighted by Crippen LogP contribution is 2.64. The van der Waals surface area contributed by atoms with E-state index in [4.69, 9.17) is 18.2 Å². The van der Waals surface area contributed by atoms with Crippen molar-refractivity contribution in [3.63, 3.8) is 0 Å². The van der Waals surface area contributed by atoms with Crippen molar-refractivity contribution in [3.8, 4) is 0 Å². The van der Waals surface area contributed by atoms with Crippen LogP contribution < -0.4 is 0 Å². The number of rotatable bonds is 13. The Morgan fingerprint density at radius 3 is 2.27 bits per heavy atom. The first-order chi connectivity index (χ1) is 12.4. The van der Waals surface area contributed by atoms with Crippen molar-refractivity contribution in [2.75, 3.05) is 25.6 Å². The van der Waals surface area contributed by atoms with Gasteiger partial charge in [0, 0.05) is 0 Å². The summed E-state index contributed by atoms with van der Waals surface area (Å²) >= 11 is 1.42. The Kier molecular flexibility index (Phi) is 10.6. The average molecular weight is 406 g/mol. The van der Waals surface area contributed by atoms with Crippen molar-refractivity contribution in [1.29, 1.82) is 0 Å². The largest absolute Gasteiger partial charge is 0.465 e. The van der Waals surface area contributed by atoms with E-state index in [1.807, 2.05) is 0 Å². The van der Waals surface area contributed by atoms with Crippen molar-refractivity contribution < 1.29 is 27.6 Å². The van der Waals surface area contributed by atoms with Crippen LogP contribution in [0.1, 0.15) is 57.7 Å². The van der Waals surface area contributed by atoms with Crippen LogP contribution in [-0.4, -0.2) is 36.8 Å². The lowest BCUT2D eigenvalue weighted by Crippen LogP contribution is -2.29. The molecule has 150 valence electrons. The van der Waals surface area contributed by atoms with Crippen LogP contribution in [0.15, 0.2) is 16.5 Å². The van der Waals surface area contributed by atoms with Gasteiger partial charge in [-0.25, -0.2) is 0 Å². The molecule has 0 aliphatic carbocycles. The molecule has 2 atom stereocenters. The van der Waals surface area contributed by atoms with Gasteiger partial charge in [-0.3, -0.25) is 9.36 Å². The molecule has 1 rings (SSSR count). The summed E-state index contributed by atoms with van der Waals surface area (Å²) in [6.07, 6.45) is 1.94. The molecular weight excluding hydrogens is 375 g/mol. The number of unbranched alkanes of at least 4 members (excludes halogenated alkanes) is 1. The highest BCUT2D eigenvalue weighted by atomic mass is 32.2. The van der Waals surface area contributed by atoms with E-state index in [1.165, 1.54) is 11.8 Å². The maximum atomic E-state index is 13.6. The maximum Gasteiger partial charge on any atom is 0.342 e. The Labute approximate surface area is 160 Å². The summed E-state index contributed by atoms with van der Waals surface area (Å²) in [6.45, 7) is 9.81. The minimum absolute atomic E-state index is 0.211. The van der Waals surface area contributed by atoms with E-state index in [9.17, 15) is 9.36 Å². The molecule has 8 heteroatoms.